The third kappa shape index (κ3) is 5.45. The first-order chi connectivity index (χ1) is 16.2. The number of carbonyl (C=O) groups is 1. The molecule has 2 aromatic heterocycles. The maximum atomic E-state index is 12.2. The minimum absolute atomic E-state index is 0.0960. The predicted octanol–water partition coefficient (Wildman–Crippen LogP) is 1.76. The van der Waals surface area contributed by atoms with E-state index in [4.69, 9.17) is 9.47 Å². The van der Waals surface area contributed by atoms with Gasteiger partial charge in [-0.1, -0.05) is 0 Å². The molecule has 3 heterocycles. The van der Waals surface area contributed by atoms with Crippen molar-refractivity contribution in [2.24, 2.45) is 0 Å². The summed E-state index contributed by atoms with van der Waals surface area (Å²) < 4.78 is 36.5. The highest BCUT2D eigenvalue weighted by atomic mass is 32.2. The molecule has 1 fully saturated rings. The lowest BCUT2D eigenvalue weighted by atomic mass is 10.1. The SMILES string of the molecule is CN(C)CCOC(=O)N1CCC(Oc2ncnc3c2cnn3-c2ccc(S(C)(=O)=O)cc2)CC1. The van der Waals surface area contributed by atoms with E-state index >= 15 is 0 Å². The summed E-state index contributed by atoms with van der Waals surface area (Å²) in [4.78, 5) is 24.7. The van der Waals surface area contributed by atoms with Crippen LogP contribution in [0.5, 0.6) is 5.88 Å². The largest absolute Gasteiger partial charge is 0.474 e. The van der Waals surface area contributed by atoms with Crippen molar-refractivity contribution in [2.75, 3.05) is 46.6 Å². The number of rotatable bonds is 7. The van der Waals surface area contributed by atoms with Gasteiger partial charge in [-0.2, -0.15) is 5.10 Å². The van der Waals surface area contributed by atoms with Crippen LogP contribution in [0.4, 0.5) is 4.79 Å². The van der Waals surface area contributed by atoms with Gasteiger partial charge in [0, 0.05) is 38.7 Å². The van der Waals surface area contributed by atoms with Crippen LogP contribution in [0.15, 0.2) is 41.7 Å². The quantitative estimate of drug-likeness (QED) is 0.490. The number of sulfone groups is 1. The Hall–Kier alpha value is -3.25. The van der Waals surface area contributed by atoms with Gasteiger partial charge < -0.3 is 19.3 Å². The van der Waals surface area contributed by atoms with Crippen molar-refractivity contribution in [1.29, 1.82) is 0 Å². The molecule has 1 aliphatic rings. The van der Waals surface area contributed by atoms with Crippen molar-refractivity contribution in [3.63, 3.8) is 0 Å². The van der Waals surface area contributed by atoms with E-state index in [0.29, 0.717) is 61.7 Å². The zero-order valence-corrected chi connectivity index (χ0v) is 20.2. The molecule has 1 saturated heterocycles. The van der Waals surface area contributed by atoms with Gasteiger partial charge in [-0.3, -0.25) is 0 Å². The van der Waals surface area contributed by atoms with Crippen molar-refractivity contribution in [1.82, 2.24) is 29.5 Å². The monoisotopic (exact) mass is 488 g/mol. The number of ether oxygens (including phenoxy) is 2. The summed E-state index contributed by atoms with van der Waals surface area (Å²) in [6.45, 7) is 2.14. The molecule has 11 nitrogen and oxygen atoms in total. The van der Waals surface area contributed by atoms with Crippen LogP contribution in [-0.4, -0.2) is 96.8 Å². The molecule has 3 aromatic rings. The number of nitrogens with zero attached hydrogens (tertiary/aromatic N) is 6. The van der Waals surface area contributed by atoms with Crippen LogP contribution in [0.3, 0.4) is 0 Å². The Morgan fingerprint density at radius 2 is 1.85 bits per heavy atom. The second kappa shape index (κ2) is 9.94. The van der Waals surface area contributed by atoms with Crippen molar-refractivity contribution in [2.45, 2.75) is 23.8 Å². The fourth-order valence-corrected chi connectivity index (χ4v) is 4.29. The normalized spacial score (nSPS) is 15.1. The summed E-state index contributed by atoms with van der Waals surface area (Å²) in [5.74, 6) is 0.427. The zero-order valence-electron chi connectivity index (χ0n) is 19.4. The maximum absolute atomic E-state index is 12.2. The fourth-order valence-electron chi connectivity index (χ4n) is 3.66. The Labute approximate surface area is 198 Å². The van der Waals surface area contributed by atoms with Crippen LogP contribution in [0.1, 0.15) is 12.8 Å². The second-order valence-corrected chi connectivity index (χ2v) is 10.5. The summed E-state index contributed by atoms with van der Waals surface area (Å²) in [6.07, 6.45) is 5.14. The molecular weight excluding hydrogens is 460 g/mol. The molecule has 4 rings (SSSR count). The predicted molar refractivity (Wildman–Crippen MR) is 125 cm³/mol. The number of aromatic nitrogens is 4. The molecule has 12 heteroatoms. The Kier molecular flexibility index (Phi) is 6.98. The van der Waals surface area contributed by atoms with E-state index in [9.17, 15) is 13.2 Å². The van der Waals surface area contributed by atoms with Crippen LogP contribution in [0, 0.1) is 0 Å². The first kappa shape index (κ1) is 23.9. The summed E-state index contributed by atoms with van der Waals surface area (Å²) in [5.41, 5.74) is 1.23. The molecule has 0 radical (unpaired) electrons. The first-order valence-corrected chi connectivity index (χ1v) is 12.8. The third-order valence-electron chi connectivity index (χ3n) is 5.58. The Morgan fingerprint density at radius 1 is 1.15 bits per heavy atom. The Morgan fingerprint density at radius 3 is 2.50 bits per heavy atom. The van der Waals surface area contributed by atoms with Gasteiger partial charge in [0.05, 0.1) is 16.8 Å². The number of piperidine rings is 1. The van der Waals surface area contributed by atoms with Gasteiger partial charge in [-0.05, 0) is 38.4 Å². The van der Waals surface area contributed by atoms with Gasteiger partial charge in [0.15, 0.2) is 15.5 Å². The molecule has 1 amide bonds. The molecule has 0 atom stereocenters. The second-order valence-electron chi connectivity index (χ2n) is 8.46. The van der Waals surface area contributed by atoms with Crippen LogP contribution in [0.2, 0.25) is 0 Å². The van der Waals surface area contributed by atoms with Crippen molar-refractivity contribution in [3.8, 4) is 11.6 Å². The first-order valence-electron chi connectivity index (χ1n) is 10.9. The van der Waals surface area contributed by atoms with E-state index in [2.05, 4.69) is 15.1 Å². The van der Waals surface area contributed by atoms with Crippen molar-refractivity contribution < 1.29 is 22.7 Å². The van der Waals surface area contributed by atoms with Gasteiger partial charge in [0.1, 0.15) is 24.4 Å². The van der Waals surface area contributed by atoms with E-state index < -0.39 is 9.84 Å². The van der Waals surface area contributed by atoms with Gasteiger partial charge in [0.25, 0.3) is 0 Å². The molecule has 0 N–H and O–H groups in total. The number of hydrogen-bond acceptors (Lipinski definition) is 9. The number of likely N-dealkylation sites (tertiary alicyclic amines) is 1. The lowest BCUT2D eigenvalue weighted by Gasteiger charge is -2.31. The number of benzene rings is 1. The third-order valence-corrected chi connectivity index (χ3v) is 6.71. The van der Waals surface area contributed by atoms with Crippen molar-refractivity contribution in [3.05, 3.63) is 36.8 Å². The lowest BCUT2D eigenvalue weighted by Crippen LogP contribution is -2.42. The summed E-state index contributed by atoms with van der Waals surface area (Å²) >= 11 is 0. The summed E-state index contributed by atoms with van der Waals surface area (Å²) in [5, 5.41) is 5.05. The average molecular weight is 489 g/mol. The molecule has 34 heavy (non-hydrogen) atoms. The molecule has 1 aliphatic heterocycles. The summed E-state index contributed by atoms with van der Waals surface area (Å²) in [7, 11) is 0.578. The molecule has 0 unspecified atom stereocenters. The highest BCUT2D eigenvalue weighted by Crippen LogP contribution is 2.26. The van der Waals surface area contributed by atoms with Crippen LogP contribution in [-0.2, 0) is 14.6 Å². The highest BCUT2D eigenvalue weighted by Gasteiger charge is 2.26. The number of amides is 1. The van der Waals surface area contributed by atoms with Gasteiger partial charge in [-0.15, -0.1) is 0 Å². The number of hydrogen-bond donors (Lipinski definition) is 0. The molecule has 0 saturated carbocycles. The minimum Gasteiger partial charge on any atom is -0.474 e. The van der Waals surface area contributed by atoms with Crippen molar-refractivity contribution >= 4 is 27.0 Å². The standard InChI is InChI=1S/C22H28N6O5S/c1-26(2)12-13-32-22(29)27-10-8-17(9-11-27)33-21-19-14-25-28(20(19)23-15-24-21)16-4-6-18(7-5-16)34(3,30)31/h4-7,14-15,17H,8-13H2,1-3H3. The van der Waals surface area contributed by atoms with Crippen LogP contribution >= 0.6 is 0 Å². The van der Waals surface area contributed by atoms with Crippen LogP contribution < -0.4 is 4.74 Å². The Balaban J connectivity index is 1.41. The van der Waals surface area contributed by atoms with E-state index in [1.165, 1.54) is 24.7 Å². The fraction of sp³-hybridized carbons (Fsp3) is 0.455. The minimum atomic E-state index is -3.28. The smallest absolute Gasteiger partial charge is 0.409 e. The highest BCUT2D eigenvalue weighted by molar-refractivity contribution is 7.90. The zero-order chi connectivity index (χ0) is 24.3. The van der Waals surface area contributed by atoms with Gasteiger partial charge in [-0.25, -0.2) is 27.9 Å². The van der Waals surface area contributed by atoms with Gasteiger partial charge >= 0.3 is 6.09 Å². The topological polar surface area (TPSA) is 120 Å². The number of fused-ring (bicyclic) bond motifs is 1. The number of carbonyl (C=O) groups excluding carboxylic acids is 1. The van der Waals surface area contributed by atoms with E-state index in [-0.39, 0.29) is 17.1 Å². The summed E-state index contributed by atoms with van der Waals surface area (Å²) in [6, 6.07) is 6.43. The van der Waals surface area contributed by atoms with E-state index in [1.807, 2.05) is 19.0 Å². The molecule has 0 bridgehead atoms. The molecular formula is C22H28N6O5S. The van der Waals surface area contributed by atoms with E-state index in [1.54, 1.807) is 27.9 Å². The molecule has 0 spiro atoms. The van der Waals surface area contributed by atoms with Crippen LogP contribution in [0.25, 0.3) is 16.7 Å². The number of likely N-dealkylation sites (N-methyl/N-ethyl adjacent to an activating group) is 1. The van der Waals surface area contributed by atoms with E-state index in [0.717, 1.165) is 0 Å². The molecule has 1 aromatic carbocycles. The average Bonchev–Trinajstić information content (AvgIpc) is 3.24. The molecule has 0 aliphatic carbocycles. The van der Waals surface area contributed by atoms with Gasteiger partial charge in [0.2, 0.25) is 5.88 Å². The lowest BCUT2D eigenvalue weighted by molar-refractivity contribution is 0.0637. The maximum Gasteiger partial charge on any atom is 0.409 e. The Bertz CT molecular complexity index is 1250. The molecule has 182 valence electrons.